The van der Waals surface area contributed by atoms with Crippen LogP contribution in [0.4, 0.5) is 5.82 Å². The molecule has 1 atom stereocenters. The molecule has 4 rings (SSSR count). The lowest BCUT2D eigenvalue weighted by Crippen LogP contribution is -2.43. The molecular formula is C28H37N3O4. The summed E-state index contributed by atoms with van der Waals surface area (Å²) in [6, 6.07) is 9.93. The second-order valence-electron chi connectivity index (χ2n) is 10.3. The summed E-state index contributed by atoms with van der Waals surface area (Å²) in [7, 11) is 0. The summed E-state index contributed by atoms with van der Waals surface area (Å²) >= 11 is 0. The number of hydrogen-bond donors (Lipinski definition) is 1. The Morgan fingerprint density at radius 1 is 1.14 bits per heavy atom. The van der Waals surface area contributed by atoms with Crippen molar-refractivity contribution in [2.24, 2.45) is 11.8 Å². The number of rotatable bonds is 8. The largest absolute Gasteiger partial charge is 0.477 e. The first kappa shape index (κ1) is 25.2. The van der Waals surface area contributed by atoms with E-state index in [2.05, 4.69) is 30.2 Å². The van der Waals surface area contributed by atoms with Crippen LogP contribution in [0.1, 0.15) is 81.6 Å². The van der Waals surface area contributed by atoms with Crippen LogP contribution in [0.25, 0.3) is 5.70 Å². The Morgan fingerprint density at radius 2 is 1.86 bits per heavy atom. The molecule has 0 radical (unpaired) electrons. The molecule has 188 valence electrons. The molecule has 0 spiro atoms. The minimum atomic E-state index is -1.07. The average Bonchev–Trinajstić information content (AvgIpc) is 3.29. The molecule has 1 aromatic carbocycles. The van der Waals surface area contributed by atoms with Gasteiger partial charge in [0.05, 0.1) is 12.7 Å². The molecule has 7 nitrogen and oxygen atoms in total. The summed E-state index contributed by atoms with van der Waals surface area (Å²) in [6.07, 6.45) is 9.82. The van der Waals surface area contributed by atoms with Crippen molar-refractivity contribution in [2.45, 2.75) is 84.5 Å². The standard InChI is InChI=1S/C28H37N3O4/c1-19(2)31(27(32)22-11-9-20(3)10-12-22)26-25(28(33)34)17-30(29-26)23-13-15-24(16-14-23)35-18-21-7-5-4-6-8-21/h4-8,13,17,19-20,22,24H,9-12,14-16,18H2,1-3H3,(H,33,34)/t20-,22-,24?. The van der Waals surface area contributed by atoms with Crippen molar-refractivity contribution >= 4 is 23.4 Å². The van der Waals surface area contributed by atoms with E-state index in [0.29, 0.717) is 12.5 Å². The normalized spacial score (nSPS) is 22.6. The van der Waals surface area contributed by atoms with E-state index in [9.17, 15) is 14.7 Å². The summed E-state index contributed by atoms with van der Waals surface area (Å²) in [6.45, 7) is 6.64. The van der Waals surface area contributed by atoms with Gasteiger partial charge in [-0.25, -0.2) is 9.48 Å². The number of anilines is 1. The van der Waals surface area contributed by atoms with Crippen molar-refractivity contribution in [3.8, 4) is 0 Å². The van der Waals surface area contributed by atoms with E-state index in [4.69, 9.17) is 4.74 Å². The SMILES string of the molecule is CC(C)N(c1nn(C2=CCC(OCc3ccccc3)CC2)cc1C(=O)O)C(=O)[C@H]1CC[C@H](C)CC1. The number of ether oxygens (including phenoxy) is 1. The van der Waals surface area contributed by atoms with Crippen LogP contribution in [0.3, 0.4) is 0 Å². The lowest BCUT2D eigenvalue weighted by molar-refractivity contribution is -0.124. The molecule has 1 saturated carbocycles. The molecule has 0 saturated heterocycles. The van der Waals surface area contributed by atoms with Crippen LogP contribution in [-0.2, 0) is 16.1 Å². The quantitative estimate of drug-likeness (QED) is 0.520. The number of benzene rings is 1. The first-order valence-corrected chi connectivity index (χ1v) is 12.8. The molecule has 35 heavy (non-hydrogen) atoms. The first-order chi connectivity index (χ1) is 16.8. The second kappa shape index (κ2) is 11.2. The van der Waals surface area contributed by atoms with Crippen LogP contribution in [0.5, 0.6) is 0 Å². The van der Waals surface area contributed by atoms with Crippen LogP contribution in [0.2, 0.25) is 0 Å². The predicted octanol–water partition coefficient (Wildman–Crippen LogP) is 5.76. The smallest absolute Gasteiger partial charge is 0.341 e. The van der Waals surface area contributed by atoms with Gasteiger partial charge >= 0.3 is 5.97 Å². The zero-order valence-electron chi connectivity index (χ0n) is 21.0. The van der Waals surface area contributed by atoms with E-state index < -0.39 is 5.97 Å². The molecule has 2 aliphatic rings. The molecule has 7 heteroatoms. The topological polar surface area (TPSA) is 84.7 Å². The van der Waals surface area contributed by atoms with Crippen molar-refractivity contribution in [1.29, 1.82) is 0 Å². The molecule has 1 fully saturated rings. The minimum Gasteiger partial charge on any atom is -0.477 e. The maximum atomic E-state index is 13.5. The third-order valence-corrected chi connectivity index (χ3v) is 7.23. The van der Waals surface area contributed by atoms with E-state index in [1.807, 2.05) is 32.0 Å². The third kappa shape index (κ3) is 6.01. The number of nitrogens with zero attached hydrogens (tertiary/aromatic N) is 3. The highest BCUT2D eigenvalue weighted by molar-refractivity contribution is 6.01. The first-order valence-electron chi connectivity index (χ1n) is 12.8. The fraction of sp³-hybridized carbons (Fsp3) is 0.536. The van der Waals surface area contributed by atoms with Crippen molar-refractivity contribution in [2.75, 3.05) is 4.90 Å². The zero-order chi connectivity index (χ0) is 24.9. The Kier molecular flexibility index (Phi) is 8.06. The molecule has 1 N–H and O–H groups in total. The second-order valence-corrected chi connectivity index (χ2v) is 10.3. The van der Waals surface area contributed by atoms with E-state index in [1.165, 1.54) is 0 Å². The zero-order valence-corrected chi connectivity index (χ0v) is 21.0. The van der Waals surface area contributed by atoms with Gasteiger partial charge in [0.2, 0.25) is 5.91 Å². The number of aromatic carboxylic acids is 1. The number of aromatic nitrogens is 2. The van der Waals surface area contributed by atoms with Gasteiger partial charge < -0.3 is 9.84 Å². The highest BCUT2D eigenvalue weighted by Gasteiger charge is 2.34. The van der Waals surface area contributed by atoms with Crippen molar-refractivity contribution in [3.05, 3.63) is 53.7 Å². The van der Waals surface area contributed by atoms with Crippen molar-refractivity contribution < 1.29 is 19.4 Å². The van der Waals surface area contributed by atoms with Crippen LogP contribution < -0.4 is 4.90 Å². The lowest BCUT2D eigenvalue weighted by atomic mass is 9.82. The maximum absolute atomic E-state index is 13.5. The van der Waals surface area contributed by atoms with Crippen molar-refractivity contribution in [3.63, 3.8) is 0 Å². The molecule has 1 unspecified atom stereocenters. The number of hydrogen-bond acceptors (Lipinski definition) is 4. The van der Waals surface area contributed by atoms with Gasteiger partial charge in [-0.05, 0) is 70.3 Å². The van der Waals surface area contributed by atoms with Crippen LogP contribution in [0, 0.1) is 11.8 Å². The van der Waals surface area contributed by atoms with Crippen molar-refractivity contribution in [1.82, 2.24) is 9.78 Å². The maximum Gasteiger partial charge on any atom is 0.341 e. The van der Waals surface area contributed by atoms with Gasteiger partial charge in [0.1, 0.15) is 5.56 Å². The van der Waals surface area contributed by atoms with Crippen LogP contribution in [0.15, 0.2) is 42.6 Å². The van der Waals surface area contributed by atoms with Gasteiger partial charge in [0, 0.05) is 23.9 Å². The van der Waals surface area contributed by atoms with E-state index in [0.717, 1.165) is 56.2 Å². The fourth-order valence-electron chi connectivity index (χ4n) is 5.09. The minimum absolute atomic E-state index is 0.00773. The van der Waals surface area contributed by atoms with Gasteiger partial charge in [-0.1, -0.05) is 43.3 Å². The molecule has 1 amide bonds. The summed E-state index contributed by atoms with van der Waals surface area (Å²) in [5.41, 5.74) is 2.16. The highest BCUT2D eigenvalue weighted by atomic mass is 16.5. The van der Waals surface area contributed by atoms with E-state index in [-0.39, 0.29) is 35.4 Å². The summed E-state index contributed by atoms with van der Waals surface area (Å²) in [5.74, 6) is -0.260. The summed E-state index contributed by atoms with van der Waals surface area (Å²) in [4.78, 5) is 27.2. The molecule has 1 heterocycles. The Morgan fingerprint density at radius 3 is 2.46 bits per heavy atom. The molecular weight excluding hydrogens is 442 g/mol. The predicted molar refractivity (Wildman–Crippen MR) is 136 cm³/mol. The molecule has 2 aliphatic carbocycles. The Hall–Kier alpha value is -2.93. The Labute approximate surface area is 207 Å². The van der Waals surface area contributed by atoms with E-state index in [1.54, 1.807) is 15.8 Å². The number of carbonyl (C=O) groups excluding carboxylic acids is 1. The molecule has 1 aromatic heterocycles. The van der Waals surface area contributed by atoms with Gasteiger partial charge in [-0.3, -0.25) is 9.69 Å². The number of carboxylic acids is 1. The molecule has 2 aromatic rings. The summed E-state index contributed by atoms with van der Waals surface area (Å²) < 4.78 is 7.73. The number of allylic oxidation sites excluding steroid dienone is 1. The lowest BCUT2D eigenvalue weighted by Gasteiger charge is -2.32. The van der Waals surface area contributed by atoms with Crippen LogP contribution >= 0.6 is 0 Å². The monoisotopic (exact) mass is 479 g/mol. The number of amides is 1. The molecule has 0 aliphatic heterocycles. The van der Waals surface area contributed by atoms with E-state index >= 15 is 0 Å². The third-order valence-electron chi connectivity index (χ3n) is 7.23. The number of carboxylic acid groups (broad SMARTS) is 1. The number of carbonyl (C=O) groups is 2. The van der Waals surface area contributed by atoms with Crippen LogP contribution in [-0.4, -0.2) is 38.9 Å². The van der Waals surface area contributed by atoms with Gasteiger partial charge in [-0.15, -0.1) is 5.10 Å². The Bertz CT molecular complexity index is 1050. The van der Waals surface area contributed by atoms with Gasteiger partial charge in [0.25, 0.3) is 0 Å². The van der Waals surface area contributed by atoms with Gasteiger partial charge in [0.15, 0.2) is 5.82 Å². The average molecular weight is 480 g/mol. The fourth-order valence-corrected chi connectivity index (χ4v) is 5.09. The highest BCUT2D eigenvalue weighted by Crippen LogP contribution is 2.33. The molecule has 0 bridgehead atoms. The summed E-state index contributed by atoms with van der Waals surface area (Å²) in [5, 5.41) is 14.6. The van der Waals surface area contributed by atoms with Gasteiger partial charge in [-0.2, -0.15) is 0 Å². The Balaban J connectivity index is 1.50.